The van der Waals surface area contributed by atoms with Crippen molar-refractivity contribution in [3.63, 3.8) is 0 Å². The van der Waals surface area contributed by atoms with Gasteiger partial charge in [0.2, 0.25) is 0 Å². The Balaban J connectivity index is 1.74. The van der Waals surface area contributed by atoms with Crippen LogP contribution in [-0.4, -0.2) is 18.0 Å². The molecule has 2 aliphatic carbocycles. The Bertz CT molecular complexity index is 219. The average molecular weight is 195 g/mol. The van der Waals surface area contributed by atoms with Crippen molar-refractivity contribution in [2.75, 3.05) is 0 Å². The molecule has 0 aromatic heterocycles. The summed E-state index contributed by atoms with van der Waals surface area (Å²) in [4.78, 5) is 4.49. The van der Waals surface area contributed by atoms with Crippen LogP contribution >= 0.6 is 0 Å². The van der Waals surface area contributed by atoms with E-state index in [1.807, 2.05) is 0 Å². The van der Waals surface area contributed by atoms with Crippen LogP contribution in [0.1, 0.15) is 45.4 Å². The molecule has 0 aromatic rings. The molecule has 3 N–H and O–H groups in total. The van der Waals surface area contributed by atoms with Gasteiger partial charge in [-0.05, 0) is 25.2 Å². The smallest absolute Gasteiger partial charge is 0.189 e. The van der Waals surface area contributed by atoms with E-state index in [1.165, 1.54) is 38.5 Å². The van der Waals surface area contributed by atoms with Crippen molar-refractivity contribution in [3.8, 4) is 0 Å². The number of nitrogens with zero attached hydrogens (tertiary/aromatic N) is 1. The average Bonchev–Trinajstić information content (AvgIpc) is 2.69. The van der Waals surface area contributed by atoms with Gasteiger partial charge in [0.15, 0.2) is 5.96 Å². The number of aliphatic imine (C=N–C) groups is 1. The number of rotatable bonds is 3. The van der Waals surface area contributed by atoms with Crippen LogP contribution in [0.25, 0.3) is 0 Å². The van der Waals surface area contributed by atoms with Gasteiger partial charge in [0.25, 0.3) is 0 Å². The highest BCUT2D eigenvalue weighted by atomic mass is 15.1. The van der Waals surface area contributed by atoms with Gasteiger partial charge in [-0.3, -0.25) is 0 Å². The Kier molecular flexibility index (Phi) is 2.94. The molecule has 0 heterocycles. The van der Waals surface area contributed by atoms with Crippen molar-refractivity contribution in [3.05, 3.63) is 0 Å². The van der Waals surface area contributed by atoms with Crippen LogP contribution in [0.15, 0.2) is 4.99 Å². The topological polar surface area (TPSA) is 50.4 Å². The highest BCUT2D eigenvalue weighted by Gasteiger charge is 2.35. The fraction of sp³-hybridized carbons (Fsp3) is 0.909. The first-order valence-corrected chi connectivity index (χ1v) is 5.89. The summed E-state index contributed by atoms with van der Waals surface area (Å²) in [5, 5.41) is 3.32. The van der Waals surface area contributed by atoms with Gasteiger partial charge < -0.3 is 11.1 Å². The second kappa shape index (κ2) is 4.20. The monoisotopic (exact) mass is 195 g/mol. The molecule has 0 aromatic carbocycles. The van der Waals surface area contributed by atoms with E-state index in [0.717, 1.165) is 5.92 Å². The van der Waals surface area contributed by atoms with Crippen LogP contribution in [-0.2, 0) is 0 Å². The second-order valence-electron chi connectivity index (χ2n) is 4.61. The molecule has 3 nitrogen and oxygen atoms in total. The largest absolute Gasteiger partial charge is 0.370 e. The predicted molar refractivity (Wildman–Crippen MR) is 59.2 cm³/mol. The minimum atomic E-state index is 0.522. The Labute approximate surface area is 86.2 Å². The summed E-state index contributed by atoms with van der Waals surface area (Å²) < 4.78 is 0. The maximum Gasteiger partial charge on any atom is 0.189 e. The van der Waals surface area contributed by atoms with Gasteiger partial charge in [-0.15, -0.1) is 0 Å². The van der Waals surface area contributed by atoms with Crippen LogP contribution in [0.2, 0.25) is 0 Å². The number of nitrogens with one attached hydrogen (secondary N) is 1. The molecular formula is C11H21N3. The lowest BCUT2D eigenvalue weighted by Crippen LogP contribution is -2.38. The molecule has 14 heavy (non-hydrogen) atoms. The zero-order chi connectivity index (χ0) is 9.97. The fourth-order valence-corrected chi connectivity index (χ4v) is 2.32. The van der Waals surface area contributed by atoms with Gasteiger partial charge >= 0.3 is 0 Å². The van der Waals surface area contributed by atoms with Crippen molar-refractivity contribution in [1.29, 1.82) is 0 Å². The maximum absolute atomic E-state index is 5.85. The third-order valence-corrected chi connectivity index (χ3v) is 3.42. The fourth-order valence-electron chi connectivity index (χ4n) is 2.32. The van der Waals surface area contributed by atoms with Gasteiger partial charge in [0, 0.05) is 6.04 Å². The normalized spacial score (nSPS) is 33.4. The number of nitrogens with two attached hydrogens (primary N) is 1. The van der Waals surface area contributed by atoms with Crippen molar-refractivity contribution < 1.29 is 0 Å². The summed E-state index contributed by atoms with van der Waals surface area (Å²) in [5.41, 5.74) is 5.85. The molecule has 2 saturated carbocycles. The first kappa shape index (κ1) is 9.81. The molecule has 3 heteroatoms. The van der Waals surface area contributed by atoms with Crippen LogP contribution in [0.5, 0.6) is 0 Å². The summed E-state index contributed by atoms with van der Waals surface area (Å²) in [7, 11) is 0. The molecule has 2 fully saturated rings. The molecule has 0 aliphatic heterocycles. The Hall–Kier alpha value is -0.730. The van der Waals surface area contributed by atoms with Gasteiger partial charge in [-0.25, -0.2) is 4.99 Å². The molecule has 0 bridgehead atoms. The molecule has 0 amide bonds. The van der Waals surface area contributed by atoms with Gasteiger partial charge in [-0.1, -0.05) is 26.2 Å². The quantitative estimate of drug-likeness (QED) is 0.531. The third-order valence-electron chi connectivity index (χ3n) is 3.42. The first-order valence-electron chi connectivity index (χ1n) is 5.89. The van der Waals surface area contributed by atoms with Gasteiger partial charge in [-0.2, -0.15) is 0 Å². The second-order valence-corrected chi connectivity index (χ2v) is 4.61. The molecule has 0 saturated heterocycles. The molecule has 0 spiro atoms. The van der Waals surface area contributed by atoms with E-state index in [9.17, 15) is 0 Å². The number of guanidine groups is 1. The third kappa shape index (κ3) is 2.40. The first-order chi connectivity index (χ1) is 6.79. The Morgan fingerprint density at radius 2 is 2.14 bits per heavy atom. The van der Waals surface area contributed by atoms with Crippen LogP contribution in [0, 0.1) is 5.92 Å². The van der Waals surface area contributed by atoms with Crippen molar-refractivity contribution in [2.24, 2.45) is 16.6 Å². The van der Waals surface area contributed by atoms with Crippen molar-refractivity contribution in [1.82, 2.24) is 5.32 Å². The highest BCUT2D eigenvalue weighted by molar-refractivity contribution is 5.78. The molecule has 0 radical (unpaired) electrons. The highest BCUT2D eigenvalue weighted by Crippen LogP contribution is 2.36. The molecule has 2 aliphatic rings. The molecule has 80 valence electrons. The molecular weight excluding hydrogens is 174 g/mol. The molecule has 2 rings (SSSR count). The Morgan fingerprint density at radius 3 is 2.71 bits per heavy atom. The van der Waals surface area contributed by atoms with Crippen LogP contribution < -0.4 is 11.1 Å². The van der Waals surface area contributed by atoms with E-state index >= 15 is 0 Å². The van der Waals surface area contributed by atoms with Gasteiger partial charge in [0.05, 0.1) is 6.04 Å². The van der Waals surface area contributed by atoms with Crippen LogP contribution in [0.4, 0.5) is 0 Å². The van der Waals surface area contributed by atoms with Crippen LogP contribution in [0.3, 0.4) is 0 Å². The van der Waals surface area contributed by atoms with E-state index < -0.39 is 0 Å². The summed E-state index contributed by atoms with van der Waals surface area (Å²) >= 11 is 0. The summed E-state index contributed by atoms with van der Waals surface area (Å²) in [6.07, 6.45) is 7.68. The SMILES string of the molecule is CCC1CC1N=C(N)NC1CCCC1. The number of hydrogen-bond acceptors (Lipinski definition) is 1. The zero-order valence-electron chi connectivity index (χ0n) is 9.00. The van der Waals surface area contributed by atoms with E-state index in [0.29, 0.717) is 18.0 Å². The maximum atomic E-state index is 5.85. The molecule has 2 atom stereocenters. The van der Waals surface area contributed by atoms with E-state index in [-0.39, 0.29) is 0 Å². The van der Waals surface area contributed by atoms with E-state index in [2.05, 4.69) is 17.2 Å². The molecule has 2 unspecified atom stereocenters. The van der Waals surface area contributed by atoms with Gasteiger partial charge in [0.1, 0.15) is 0 Å². The zero-order valence-corrected chi connectivity index (χ0v) is 9.00. The predicted octanol–water partition coefficient (Wildman–Crippen LogP) is 1.63. The lowest BCUT2D eigenvalue weighted by molar-refractivity contribution is 0.623. The lowest BCUT2D eigenvalue weighted by atomic mass is 10.2. The van der Waals surface area contributed by atoms with E-state index in [1.54, 1.807) is 0 Å². The standard InChI is InChI=1S/C11H21N3/c1-2-8-7-10(8)14-11(12)13-9-5-3-4-6-9/h8-10H,2-7H2,1H3,(H3,12,13,14). The number of hydrogen-bond donors (Lipinski definition) is 2. The van der Waals surface area contributed by atoms with Crippen molar-refractivity contribution >= 4 is 5.96 Å². The van der Waals surface area contributed by atoms with E-state index in [4.69, 9.17) is 5.73 Å². The summed E-state index contributed by atoms with van der Waals surface area (Å²) in [6.45, 7) is 2.22. The minimum Gasteiger partial charge on any atom is -0.370 e. The minimum absolute atomic E-state index is 0.522. The Morgan fingerprint density at radius 1 is 1.43 bits per heavy atom. The summed E-state index contributed by atoms with van der Waals surface area (Å²) in [6, 6.07) is 1.12. The van der Waals surface area contributed by atoms with Crippen molar-refractivity contribution in [2.45, 2.75) is 57.5 Å². The summed E-state index contributed by atoms with van der Waals surface area (Å²) in [5.74, 6) is 1.48. The lowest BCUT2D eigenvalue weighted by Gasteiger charge is -2.11.